The van der Waals surface area contributed by atoms with E-state index in [-0.39, 0.29) is 0 Å². The van der Waals surface area contributed by atoms with Crippen molar-refractivity contribution in [3.05, 3.63) is 65.8 Å². The molecule has 0 atom stereocenters. The summed E-state index contributed by atoms with van der Waals surface area (Å²) >= 11 is 6.02. The van der Waals surface area contributed by atoms with Crippen LogP contribution in [0, 0.1) is 0 Å². The number of fused-ring (bicyclic) bond motifs is 1. The summed E-state index contributed by atoms with van der Waals surface area (Å²) < 4.78 is 18.2. The Kier molecular flexibility index (Phi) is 4.84. The highest BCUT2D eigenvalue weighted by Crippen LogP contribution is 2.40. The third-order valence-electron chi connectivity index (χ3n) is 4.64. The van der Waals surface area contributed by atoms with Crippen molar-refractivity contribution < 1.29 is 14.2 Å². The fourth-order valence-corrected chi connectivity index (χ4v) is 3.36. The molecule has 0 amide bonds. The Morgan fingerprint density at radius 3 is 2.04 bits per heavy atom. The molecule has 0 unspecified atom stereocenters. The molecule has 4 aromatic rings. The lowest BCUT2D eigenvalue weighted by molar-refractivity contribution is 0.324. The number of benzene rings is 3. The predicted octanol–water partition coefficient (Wildman–Crippen LogP) is 5.37. The van der Waals surface area contributed by atoms with Crippen molar-refractivity contribution in [3.8, 4) is 34.1 Å². The average molecular weight is 395 g/mol. The first-order valence-corrected chi connectivity index (χ1v) is 9.06. The van der Waals surface area contributed by atoms with Gasteiger partial charge in [-0.05, 0) is 29.3 Å². The first kappa shape index (κ1) is 18.2. The van der Waals surface area contributed by atoms with E-state index in [1.807, 2.05) is 47.3 Å². The van der Waals surface area contributed by atoms with Crippen LogP contribution in [0.1, 0.15) is 0 Å². The predicted molar refractivity (Wildman–Crippen MR) is 111 cm³/mol. The molecule has 0 saturated heterocycles. The first-order valence-electron chi connectivity index (χ1n) is 8.68. The summed E-state index contributed by atoms with van der Waals surface area (Å²) in [5.74, 6) is 1.70. The third kappa shape index (κ3) is 3.14. The van der Waals surface area contributed by atoms with Gasteiger partial charge in [-0.15, -0.1) is 0 Å². The zero-order valence-corrected chi connectivity index (χ0v) is 16.5. The molecule has 0 fully saturated rings. The highest BCUT2D eigenvalue weighted by molar-refractivity contribution is 6.30. The van der Waals surface area contributed by atoms with Crippen molar-refractivity contribution in [2.45, 2.75) is 0 Å². The molecular formula is C22H19ClN2O3. The highest BCUT2D eigenvalue weighted by Gasteiger charge is 2.16. The molecule has 0 radical (unpaired) electrons. The van der Waals surface area contributed by atoms with Crippen LogP contribution in [0.25, 0.3) is 27.7 Å². The minimum absolute atomic E-state index is 0.548. The molecule has 6 heteroatoms. The SMILES string of the molecule is COc1cc(-n2ncc3ccc(-c4ccc(Cl)cc4)cc32)cc(OC)c1OC. The summed E-state index contributed by atoms with van der Waals surface area (Å²) in [6, 6.07) is 17.8. The maximum Gasteiger partial charge on any atom is 0.203 e. The molecule has 142 valence electrons. The fraction of sp³-hybridized carbons (Fsp3) is 0.136. The van der Waals surface area contributed by atoms with Crippen molar-refractivity contribution in [1.82, 2.24) is 9.78 Å². The van der Waals surface area contributed by atoms with Crippen LogP contribution in [-0.4, -0.2) is 31.1 Å². The molecule has 4 rings (SSSR count). The van der Waals surface area contributed by atoms with Crippen LogP contribution < -0.4 is 14.2 Å². The van der Waals surface area contributed by atoms with Gasteiger partial charge in [0.1, 0.15) is 0 Å². The van der Waals surface area contributed by atoms with Crippen molar-refractivity contribution in [2.75, 3.05) is 21.3 Å². The Hall–Kier alpha value is -3.18. The molecule has 1 heterocycles. The van der Waals surface area contributed by atoms with Crippen LogP contribution in [0.2, 0.25) is 5.02 Å². The van der Waals surface area contributed by atoms with E-state index >= 15 is 0 Å². The van der Waals surface area contributed by atoms with E-state index in [0.29, 0.717) is 22.3 Å². The van der Waals surface area contributed by atoms with E-state index in [1.165, 1.54) is 0 Å². The quantitative estimate of drug-likeness (QED) is 0.456. The summed E-state index contributed by atoms with van der Waals surface area (Å²) in [5, 5.41) is 6.31. The molecule has 0 bridgehead atoms. The van der Waals surface area contributed by atoms with Gasteiger partial charge in [0.2, 0.25) is 5.75 Å². The second kappa shape index (κ2) is 7.44. The van der Waals surface area contributed by atoms with Crippen LogP contribution in [0.15, 0.2) is 60.8 Å². The van der Waals surface area contributed by atoms with E-state index in [2.05, 4.69) is 23.3 Å². The molecule has 5 nitrogen and oxygen atoms in total. The maximum atomic E-state index is 6.02. The van der Waals surface area contributed by atoms with E-state index in [0.717, 1.165) is 27.7 Å². The number of nitrogens with zero attached hydrogens (tertiary/aromatic N) is 2. The third-order valence-corrected chi connectivity index (χ3v) is 4.89. The number of rotatable bonds is 5. The lowest BCUT2D eigenvalue weighted by Crippen LogP contribution is -2.01. The summed E-state index contributed by atoms with van der Waals surface area (Å²) in [7, 11) is 4.78. The maximum absolute atomic E-state index is 6.02. The van der Waals surface area contributed by atoms with Crippen LogP contribution >= 0.6 is 11.6 Å². The fourth-order valence-electron chi connectivity index (χ4n) is 3.24. The number of hydrogen-bond acceptors (Lipinski definition) is 4. The van der Waals surface area contributed by atoms with Crippen LogP contribution in [0.4, 0.5) is 0 Å². The molecule has 3 aromatic carbocycles. The van der Waals surface area contributed by atoms with E-state index < -0.39 is 0 Å². The van der Waals surface area contributed by atoms with Crippen molar-refractivity contribution in [3.63, 3.8) is 0 Å². The van der Waals surface area contributed by atoms with Gasteiger partial charge in [0.15, 0.2) is 11.5 Å². The summed E-state index contributed by atoms with van der Waals surface area (Å²) in [6.45, 7) is 0. The van der Waals surface area contributed by atoms with Gasteiger partial charge < -0.3 is 14.2 Å². The minimum atomic E-state index is 0.548. The molecule has 0 spiro atoms. The van der Waals surface area contributed by atoms with Crippen molar-refractivity contribution in [2.24, 2.45) is 0 Å². The molecular weight excluding hydrogens is 376 g/mol. The second-order valence-electron chi connectivity index (χ2n) is 6.22. The standard InChI is InChI=1S/C22H19ClN2O3/c1-26-20-11-18(12-21(27-2)22(20)28-3)25-19-10-15(4-5-16(19)13-24-25)14-6-8-17(23)9-7-14/h4-13H,1-3H3. The highest BCUT2D eigenvalue weighted by atomic mass is 35.5. The zero-order valence-electron chi connectivity index (χ0n) is 15.8. The largest absolute Gasteiger partial charge is 0.493 e. The van der Waals surface area contributed by atoms with Gasteiger partial charge in [-0.25, -0.2) is 4.68 Å². The zero-order chi connectivity index (χ0) is 19.7. The minimum Gasteiger partial charge on any atom is -0.493 e. The molecule has 1 aromatic heterocycles. The Balaban J connectivity index is 1.87. The normalized spacial score (nSPS) is 10.9. The molecule has 28 heavy (non-hydrogen) atoms. The van der Waals surface area contributed by atoms with E-state index in [9.17, 15) is 0 Å². The topological polar surface area (TPSA) is 45.5 Å². The summed E-state index contributed by atoms with van der Waals surface area (Å²) in [6.07, 6.45) is 1.84. The van der Waals surface area contributed by atoms with Gasteiger partial charge in [-0.2, -0.15) is 5.10 Å². The summed E-state index contributed by atoms with van der Waals surface area (Å²) in [5.41, 5.74) is 3.96. The smallest absolute Gasteiger partial charge is 0.203 e. The first-order chi connectivity index (χ1) is 13.6. The van der Waals surface area contributed by atoms with Gasteiger partial charge in [-0.3, -0.25) is 0 Å². The Morgan fingerprint density at radius 1 is 0.786 bits per heavy atom. The van der Waals surface area contributed by atoms with Crippen LogP contribution in [0.5, 0.6) is 17.2 Å². The molecule has 0 saturated carbocycles. The van der Waals surface area contributed by atoms with Gasteiger partial charge in [0.25, 0.3) is 0 Å². The Labute approximate surface area is 168 Å². The number of hydrogen-bond donors (Lipinski definition) is 0. The number of halogens is 1. The van der Waals surface area contributed by atoms with Gasteiger partial charge in [-0.1, -0.05) is 35.9 Å². The molecule has 0 aliphatic carbocycles. The van der Waals surface area contributed by atoms with E-state index in [1.54, 1.807) is 21.3 Å². The monoisotopic (exact) mass is 394 g/mol. The number of ether oxygens (including phenoxy) is 3. The van der Waals surface area contributed by atoms with Gasteiger partial charge >= 0.3 is 0 Å². The lowest BCUT2D eigenvalue weighted by atomic mass is 10.0. The average Bonchev–Trinajstić information content (AvgIpc) is 3.16. The lowest BCUT2D eigenvalue weighted by Gasteiger charge is -2.14. The number of aromatic nitrogens is 2. The van der Waals surface area contributed by atoms with Crippen molar-refractivity contribution in [1.29, 1.82) is 0 Å². The van der Waals surface area contributed by atoms with Crippen LogP contribution in [0.3, 0.4) is 0 Å². The molecule has 0 aliphatic heterocycles. The van der Waals surface area contributed by atoms with Crippen LogP contribution in [-0.2, 0) is 0 Å². The summed E-state index contributed by atoms with van der Waals surface area (Å²) in [4.78, 5) is 0. The Bertz CT molecular complexity index is 1110. The van der Waals surface area contributed by atoms with Gasteiger partial charge in [0, 0.05) is 22.5 Å². The Morgan fingerprint density at radius 2 is 1.43 bits per heavy atom. The number of methoxy groups -OCH3 is 3. The molecule has 0 aliphatic rings. The van der Waals surface area contributed by atoms with E-state index in [4.69, 9.17) is 25.8 Å². The van der Waals surface area contributed by atoms with Crippen molar-refractivity contribution >= 4 is 22.5 Å². The molecule has 0 N–H and O–H groups in total. The van der Waals surface area contributed by atoms with Gasteiger partial charge in [0.05, 0.1) is 38.7 Å². The second-order valence-corrected chi connectivity index (χ2v) is 6.66.